The summed E-state index contributed by atoms with van der Waals surface area (Å²) in [6.07, 6.45) is -1.22. The number of fused-ring (bicyclic) bond motifs is 1. The number of hydrogen-bond acceptors (Lipinski definition) is 4. The normalized spacial score (nSPS) is 12.2. The van der Waals surface area contributed by atoms with E-state index >= 15 is 0 Å². The van der Waals surface area contributed by atoms with E-state index in [2.05, 4.69) is 0 Å². The lowest BCUT2D eigenvalue weighted by Gasteiger charge is -2.15. The van der Waals surface area contributed by atoms with Crippen molar-refractivity contribution in [1.29, 1.82) is 0 Å². The van der Waals surface area contributed by atoms with Gasteiger partial charge in [-0.2, -0.15) is 0 Å². The number of ether oxygens (including phenoxy) is 1. The summed E-state index contributed by atoms with van der Waals surface area (Å²) in [4.78, 5) is 24.2. The van der Waals surface area contributed by atoms with E-state index in [-0.39, 0.29) is 11.5 Å². The summed E-state index contributed by atoms with van der Waals surface area (Å²) in [6, 6.07) is 10.3. The van der Waals surface area contributed by atoms with Crippen molar-refractivity contribution in [1.82, 2.24) is 0 Å². The number of halogens is 1. The maximum Gasteiger partial charge on any atom is 0.344 e. The Morgan fingerprint density at radius 2 is 1.85 bits per heavy atom. The summed E-state index contributed by atoms with van der Waals surface area (Å²) in [5.41, 5.74) is 2.31. The fourth-order valence-corrected chi connectivity index (χ4v) is 2.81. The van der Waals surface area contributed by atoms with E-state index in [4.69, 9.17) is 25.9 Å². The largest absolute Gasteiger partial charge is 0.479 e. The van der Waals surface area contributed by atoms with Gasteiger partial charge in [0, 0.05) is 5.56 Å². The average Bonchev–Trinajstić information content (AvgIpc) is 2.59. The number of carbonyl (C=O) groups is 1. The number of carboxylic acid groups (broad SMARTS) is 1. The van der Waals surface area contributed by atoms with Crippen molar-refractivity contribution in [2.45, 2.75) is 26.9 Å². The predicted molar refractivity (Wildman–Crippen MR) is 100 cm³/mol. The van der Waals surface area contributed by atoms with Crippen LogP contribution in [0.25, 0.3) is 22.3 Å². The first-order valence-electron chi connectivity index (χ1n) is 8.02. The molecule has 6 heteroatoms. The molecular formula is C20H17ClO5. The van der Waals surface area contributed by atoms with Crippen LogP contribution in [0.4, 0.5) is 0 Å². The second kappa shape index (κ2) is 6.84. The van der Waals surface area contributed by atoms with Crippen LogP contribution in [0.5, 0.6) is 5.75 Å². The molecule has 1 N–H and O–H groups in total. The first-order chi connectivity index (χ1) is 12.3. The van der Waals surface area contributed by atoms with Gasteiger partial charge in [-0.05, 0) is 56.2 Å². The van der Waals surface area contributed by atoms with Gasteiger partial charge in [-0.1, -0.05) is 23.7 Å². The fourth-order valence-electron chi connectivity index (χ4n) is 2.59. The maximum absolute atomic E-state index is 13.0. The molecule has 3 rings (SSSR count). The summed E-state index contributed by atoms with van der Waals surface area (Å²) in [6.45, 7) is 5.15. The van der Waals surface area contributed by atoms with Crippen LogP contribution in [0.1, 0.15) is 18.1 Å². The number of rotatable bonds is 4. The minimum atomic E-state index is -1.22. The van der Waals surface area contributed by atoms with Gasteiger partial charge in [-0.3, -0.25) is 4.79 Å². The molecule has 0 bridgehead atoms. The number of carboxylic acids is 1. The minimum Gasteiger partial charge on any atom is -0.479 e. The molecule has 2 aromatic carbocycles. The van der Waals surface area contributed by atoms with Crippen LogP contribution in [0.2, 0.25) is 5.02 Å². The molecule has 0 saturated heterocycles. The zero-order chi connectivity index (χ0) is 19.0. The molecule has 0 spiro atoms. The lowest BCUT2D eigenvalue weighted by Crippen LogP contribution is -2.26. The molecule has 1 heterocycles. The summed E-state index contributed by atoms with van der Waals surface area (Å²) >= 11 is 6.26. The zero-order valence-corrected chi connectivity index (χ0v) is 15.3. The first-order valence-corrected chi connectivity index (χ1v) is 8.39. The van der Waals surface area contributed by atoms with Crippen molar-refractivity contribution >= 4 is 28.5 Å². The highest BCUT2D eigenvalue weighted by Crippen LogP contribution is 2.36. The van der Waals surface area contributed by atoms with Crippen molar-refractivity contribution < 1.29 is 19.1 Å². The molecule has 134 valence electrons. The highest BCUT2D eigenvalue weighted by atomic mass is 35.5. The Bertz CT molecular complexity index is 1070. The Hall–Kier alpha value is -2.79. The van der Waals surface area contributed by atoms with Gasteiger partial charge in [0.25, 0.3) is 0 Å². The molecular weight excluding hydrogens is 356 g/mol. The van der Waals surface area contributed by atoms with Crippen molar-refractivity contribution in [2.24, 2.45) is 0 Å². The van der Waals surface area contributed by atoms with Crippen LogP contribution in [0.15, 0.2) is 45.6 Å². The molecule has 0 amide bonds. The van der Waals surface area contributed by atoms with Gasteiger partial charge in [0.1, 0.15) is 5.58 Å². The van der Waals surface area contributed by atoms with Gasteiger partial charge in [0.05, 0.1) is 10.4 Å². The Labute approximate surface area is 154 Å². The fraction of sp³-hybridized carbons (Fsp3) is 0.200. The van der Waals surface area contributed by atoms with E-state index in [0.717, 1.165) is 11.1 Å². The summed E-state index contributed by atoms with van der Waals surface area (Å²) in [7, 11) is 0. The molecule has 0 unspecified atom stereocenters. The predicted octanol–water partition coefficient (Wildman–Crippen LogP) is 4.58. The Balaban J connectivity index is 2.36. The van der Waals surface area contributed by atoms with E-state index in [1.54, 1.807) is 36.4 Å². The van der Waals surface area contributed by atoms with E-state index in [9.17, 15) is 9.59 Å². The molecule has 0 aliphatic rings. The molecule has 0 aliphatic heterocycles. The van der Waals surface area contributed by atoms with Gasteiger partial charge in [0.15, 0.2) is 11.9 Å². The first kappa shape index (κ1) is 18.0. The second-order valence-corrected chi connectivity index (χ2v) is 6.51. The topological polar surface area (TPSA) is 76.7 Å². The third kappa shape index (κ3) is 3.18. The van der Waals surface area contributed by atoms with E-state index in [1.807, 2.05) is 13.8 Å². The van der Waals surface area contributed by atoms with Crippen LogP contribution in [0, 0.1) is 13.8 Å². The quantitative estimate of drug-likeness (QED) is 0.725. The van der Waals surface area contributed by atoms with Gasteiger partial charge >= 0.3 is 5.97 Å². The Morgan fingerprint density at radius 3 is 2.50 bits per heavy atom. The molecule has 0 fully saturated rings. The van der Waals surface area contributed by atoms with Gasteiger partial charge in [-0.25, -0.2) is 4.79 Å². The minimum absolute atomic E-state index is 0.115. The lowest BCUT2D eigenvalue weighted by molar-refractivity contribution is -0.144. The van der Waals surface area contributed by atoms with Crippen LogP contribution in [0.3, 0.4) is 0 Å². The van der Waals surface area contributed by atoms with E-state index in [0.29, 0.717) is 21.6 Å². The third-order valence-electron chi connectivity index (χ3n) is 4.23. The molecule has 26 heavy (non-hydrogen) atoms. The standard InChI is InChI=1S/C20H17ClO5/c1-10-8-14-16(9-11(10)2)26-18(13-6-4-5-7-15(13)21)19(17(14)22)25-12(3)20(23)24/h4-9,12H,1-3H3,(H,23,24)/t12-/m1/s1. The Kier molecular flexibility index (Phi) is 4.74. The smallest absolute Gasteiger partial charge is 0.344 e. The summed E-state index contributed by atoms with van der Waals surface area (Å²) in [5, 5.41) is 9.86. The van der Waals surface area contributed by atoms with Crippen molar-refractivity contribution in [3.05, 3.63) is 62.8 Å². The number of aliphatic carboxylic acids is 1. The lowest BCUT2D eigenvalue weighted by atomic mass is 10.0. The van der Waals surface area contributed by atoms with E-state index < -0.39 is 17.5 Å². The maximum atomic E-state index is 13.0. The second-order valence-electron chi connectivity index (χ2n) is 6.10. The summed E-state index contributed by atoms with van der Waals surface area (Å²) in [5.74, 6) is -1.23. The summed E-state index contributed by atoms with van der Waals surface area (Å²) < 4.78 is 11.4. The SMILES string of the molecule is Cc1cc2oc(-c3ccccc3Cl)c(O[C@H](C)C(=O)O)c(=O)c2cc1C. The van der Waals surface area contributed by atoms with Crippen LogP contribution < -0.4 is 10.2 Å². The molecule has 1 atom stereocenters. The number of benzene rings is 2. The molecule has 0 radical (unpaired) electrons. The molecule has 3 aromatic rings. The number of hydrogen-bond donors (Lipinski definition) is 1. The highest BCUT2D eigenvalue weighted by Gasteiger charge is 2.24. The van der Waals surface area contributed by atoms with Crippen molar-refractivity contribution in [3.8, 4) is 17.1 Å². The molecule has 0 aliphatic carbocycles. The van der Waals surface area contributed by atoms with Gasteiger partial charge in [0.2, 0.25) is 11.2 Å². The van der Waals surface area contributed by atoms with Crippen LogP contribution in [-0.2, 0) is 4.79 Å². The molecule has 1 aromatic heterocycles. The van der Waals surface area contributed by atoms with Crippen LogP contribution >= 0.6 is 11.6 Å². The third-order valence-corrected chi connectivity index (χ3v) is 4.56. The van der Waals surface area contributed by atoms with Gasteiger partial charge < -0.3 is 14.3 Å². The zero-order valence-electron chi connectivity index (χ0n) is 14.5. The molecule has 0 saturated carbocycles. The monoisotopic (exact) mass is 372 g/mol. The highest BCUT2D eigenvalue weighted by molar-refractivity contribution is 6.33. The number of aryl methyl sites for hydroxylation is 2. The van der Waals surface area contributed by atoms with Crippen molar-refractivity contribution in [3.63, 3.8) is 0 Å². The molecule has 5 nitrogen and oxygen atoms in total. The van der Waals surface area contributed by atoms with Crippen molar-refractivity contribution in [2.75, 3.05) is 0 Å². The van der Waals surface area contributed by atoms with Crippen LogP contribution in [-0.4, -0.2) is 17.2 Å². The van der Waals surface area contributed by atoms with E-state index in [1.165, 1.54) is 6.92 Å². The Morgan fingerprint density at radius 1 is 1.19 bits per heavy atom. The average molecular weight is 373 g/mol. The van der Waals surface area contributed by atoms with Gasteiger partial charge in [-0.15, -0.1) is 0 Å².